The minimum atomic E-state index is 0.618. The Hall–Kier alpha value is -1.81. The van der Waals surface area contributed by atoms with Crippen LogP contribution in [-0.4, -0.2) is 23.5 Å². The van der Waals surface area contributed by atoms with Gasteiger partial charge in [-0.3, -0.25) is 0 Å². The Kier molecular flexibility index (Phi) is 2.57. The summed E-state index contributed by atoms with van der Waals surface area (Å²) in [5, 5.41) is 4.43. The number of nitrogens with zero attached hydrogens (tertiary/aromatic N) is 2. The maximum absolute atomic E-state index is 5.49. The molecule has 0 aliphatic carbocycles. The zero-order valence-electron chi connectivity index (χ0n) is 9.72. The molecule has 0 bridgehead atoms. The number of hydrogen-bond acceptors (Lipinski definition) is 3. The monoisotopic (exact) mass is 230 g/mol. The number of hydrogen-bond donors (Lipinski definition) is 0. The van der Waals surface area contributed by atoms with Crippen LogP contribution < -0.4 is 4.74 Å². The normalized spacial score (nSPS) is 14.4. The van der Waals surface area contributed by atoms with E-state index in [0.717, 1.165) is 30.2 Å². The van der Waals surface area contributed by atoms with Crippen LogP contribution in [0.5, 0.6) is 5.75 Å². The highest BCUT2D eigenvalue weighted by Gasteiger charge is 2.17. The molecule has 4 heteroatoms. The van der Waals surface area contributed by atoms with Gasteiger partial charge in [0.15, 0.2) is 0 Å². The molecule has 0 saturated carbocycles. The van der Waals surface area contributed by atoms with Crippen molar-refractivity contribution < 1.29 is 9.47 Å². The Labute approximate surface area is 99.8 Å². The molecule has 3 rings (SSSR count). The van der Waals surface area contributed by atoms with Crippen LogP contribution >= 0.6 is 0 Å². The summed E-state index contributed by atoms with van der Waals surface area (Å²) < 4.78 is 12.8. The maximum Gasteiger partial charge on any atom is 0.144 e. The second kappa shape index (κ2) is 4.22. The van der Waals surface area contributed by atoms with Crippen molar-refractivity contribution in [1.82, 2.24) is 9.78 Å². The minimum absolute atomic E-state index is 0.618. The molecule has 0 N–H and O–H groups in total. The molecule has 0 unspecified atom stereocenters. The molecule has 0 fully saturated rings. The molecule has 2 aromatic rings. The summed E-state index contributed by atoms with van der Waals surface area (Å²) in [5.41, 5.74) is 3.35. The quantitative estimate of drug-likeness (QED) is 0.791. The highest BCUT2D eigenvalue weighted by Crippen LogP contribution is 2.26. The van der Waals surface area contributed by atoms with E-state index in [1.807, 2.05) is 35.1 Å². The lowest BCUT2D eigenvalue weighted by Crippen LogP contribution is -2.13. The minimum Gasteiger partial charge on any atom is -0.494 e. The van der Waals surface area contributed by atoms with Crippen molar-refractivity contribution in [2.24, 2.45) is 0 Å². The molecule has 0 atom stereocenters. The molecular formula is C13H14N2O2. The number of aromatic nitrogens is 2. The van der Waals surface area contributed by atoms with E-state index >= 15 is 0 Å². The summed E-state index contributed by atoms with van der Waals surface area (Å²) in [7, 11) is 1.67. The summed E-state index contributed by atoms with van der Waals surface area (Å²) in [6.45, 7) is 1.40. The first-order valence-electron chi connectivity index (χ1n) is 5.67. The average molecular weight is 230 g/mol. The first-order valence-corrected chi connectivity index (χ1v) is 5.67. The molecule has 0 radical (unpaired) electrons. The van der Waals surface area contributed by atoms with Crippen molar-refractivity contribution in [2.75, 3.05) is 13.7 Å². The van der Waals surface area contributed by atoms with Crippen LogP contribution in [-0.2, 0) is 17.8 Å². The van der Waals surface area contributed by atoms with E-state index in [9.17, 15) is 0 Å². The molecule has 0 spiro atoms. The number of methoxy groups -OCH3 is 1. The molecule has 1 aliphatic rings. The van der Waals surface area contributed by atoms with E-state index < -0.39 is 0 Å². The van der Waals surface area contributed by atoms with Gasteiger partial charge in [-0.15, -0.1) is 0 Å². The third kappa shape index (κ3) is 1.70. The standard InChI is InChI=1S/C13H14N2O2/c1-16-13-5-3-2-4-11(13)15-12-9-17-7-6-10(12)8-14-15/h2-5,8H,6-7,9H2,1H3. The van der Waals surface area contributed by atoms with E-state index in [-0.39, 0.29) is 0 Å². The zero-order valence-corrected chi connectivity index (χ0v) is 9.72. The Balaban J connectivity index is 2.12. The van der Waals surface area contributed by atoms with Crippen molar-refractivity contribution in [3.8, 4) is 11.4 Å². The number of benzene rings is 1. The van der Waals surface area contributed by atoms with Crippen molar-refractivity contribution >= 4 is 0 Å². The van der Waals surface area contributed by atoms with E-state index in [1.54, 1.807) is 7.11 Å². The summed E-state index contributed by atoms with van der Waals surface area (Å²) >= 11 is 0. The predicted molar refractivity (Wildman–Crippen MR) is 63.5 cm³/mol. The number of para-hydroxylation sites is 2. The van der Waals surface area contributed by atoms with Crippen molar-refractivity contribution in [3.63, 3.8) is 0 Å². The molecule has 1 aromatic heterocycles. The van der Waals surface area contributed by atoms with Gasteiger partial charge in [0.1, 0.15) is 11.4 Å². The van der Waals surface area contributed by atoms with Gasteiger partial charge in [-0.1, -0.05) is 12.1 Å². The Morgan fingerprint density at radius 1 is 1.35 bits per heavy atom. The molecule has 0 saturated heterocycles. The predicted octanol–water partition coefficient (Wildman–Crippen LogP) is 1.95. The average Bonchev–Trinajstić information content (AvgIpc) is 2.82. The van der Waals surface area contributed by atoms with Gasteiger partial charge in [-0.2, -0.15) is 5.10 Å². The van der Waals surface area contributed by atoms with Crippen LogP contribution in [0, 0.1) is 0 Å². The first-order chi connectivity index (χ1) is 8.40. The van der Waals surface area contributed by atoms with E-state index in [1.165, 1.54) is 5.56 Å². The third-order valence-electron chi connectivity index (χ3n) is 3.02. The number of ether oxygens (including phenoxy) is 2. The van der Waals surface area contributed by atoms with Crippen molar-refractivity contribution in [1.29, 1.82) is 0 Å². The second-order valence-corrected chi connectivity index (χ2v) is 4.00. The van der Waals surface area contributed by atoms with Gasteiger partial charge in [0.2, 0.25) is 0 Å². The van der Waals surface area contributed by atoms with Crippen LogP contribution in [0.1, 0.15) is 11.3 Å². The maximum atomic E-state index is 5.49. The molecule has 1 aromatic carbocycles. The molecule has 17 heavy (non-hydrogen) atoms. The molecule has 88 valence electrons. The van der Waals surface area contributed by atoms with Crippen LogP contribution in [0.2, 0.25) is 0 Å². The molecule has 4 nitrogen and oxygen atoms in total. The highest BCUT2D eigenvalue weighted by molar-refractivity contribution is 5.47. The second-order valence-electron chi connectivity index (χ2n) is 4.00. The molecule has 2 heterocycles. The number of fused-ring (bicyclic) bond motifs is 1. The lowest BCUT2D eigenvalue weighted by atomic mass is 10.1. The summed E-state index contributed by atoms with van der Waals surface area (Å²) in [4.78, 5) is 0. The third-order valence-corrected chi connectivity index (χ3v) is 3.02. The largest absolute Gasteiger partial charge is 0.494 e. The smallest absolute Gasteiger partial charge is 0.144 e. The lowest BCUT2D eigenvalue weighted by molar-refractivity contribution is 0.106. The molecule has 1 aliphatic heterocycles. The highest BCUT2D eigenvalue weighted by atomic mass is 16.5. The zero-order chi connectivity index (χ0) is 11.7. The fraction of sp³-hybridized carbons (Fsp3) is 0.308. The first kappa shape index (κ1) is 10.4. The van der Waals surface area contributed by atoms with Crippen LogP contribution in [0.25, 0.3) is 5.69 Å². The molecular weight excluding hydrogens is 216 g/mol. The lowest BCUT2D eigenvalue weighted by Gasteiger charge is -2.16. The van der Waals surface area contributed by atoms with E-state index in [4.69, 9.17) is 9.47 Å². The van der Waals surface area contributed by atoms with Crippen molar-refractivity contribution in [3.05, 3.63) is 41.7 Å². The van der Waals surface area contributed by atoms with Gasteiger partial charge in [-0.05, 0) is 24.1 Å². The number of rotatable bonds is 2. The SMILES string of the molecule is COc1ccccc1-n1ncc2c1COCC2. The molecule has 0 amide bonds. The van der Waals surface area contributed by atoms with E-state index in [2.05, 4.69) is 5.10 Å². The Bertz CT molecular complexity index is 534. The van der Waals surface area contributed by atoms with Gasteiger partial charge in [0, 0.05) is 0 Å². The van der Waals surface area contributed by atoms with Gasteiger partial charge in [0.05, 0.1) is 32.2 Å². The fourth-order valence-corrected chi connectivity index (χ4v) is 2.13. The van der Waals surface area contributed by atoms with Gasteiger partial charge < -0.3 is 9.47 Å². The van der Waals surface area contributed by atoms with Crippen LogP contribution in [0.3, 0.4) is 0 Å². The topological polar surface area (TPSA) is 36.3 Å². The Morgan fingerprint density at radius 3 is 3.12 bits per heavy atom. The van der Waals surface area contributed by atoms with E-state index in [0.29, 0.717) is 6.61 Å². The summed E-state index contributed by atoms with van der Waals surface area (Å²) in [5.74, 6) is 0.823. The summed E-state index contributed by atoms with van der Waals surface area (Å²) in [6, 6.07) is 7.87. The fourth-order valence-electron chi connectivity index (χ4n) is 2.13. The Morgan fingerprint density at radius 2 is 2.24 bits per heavy atom. The summed E-state index contributed by atoms with van der Waals surface area (Å²) in [6.07, 6.45) is 2.86. The van der Waals surface area contributed by atoms with Gasteiger partial charge >= 0.3 is 0 Å². The van der Waals surface area contributed by atoms with Gasteiger partial charge in [0.25, 0.3) is 0 Å². The van der Waals surface area contributed by atoms with Gasteiger partial charge in [-0.25, -0.2) is 4.68 Å². The van der Waals surface area contributed by atoms with Crippen LogP contribution in [0.15, 0.2) is 30.5 Å². The van der Waals surface area contributed by atoms with Crippen molar-refractivity contribution in [2.45, 2.75) is 13.0 Å². The van der Waals surface area contributed by atoms with Crippen LogP contribution in [0.4, 0.5) is 0 Å².